The summed E-state index contributed by atoms with van der Waals surface area (Å²) in [4.78, 5) is 12.6. The first kappa shape index (κ1) is 24.3. The minimum absolute atomic E-state index is 0.192. The lowest BCUT2D eigenvalue weighted by atomic mass is 9.55. The molecule has 5 rings (SSSR count). The van der Waals surface area contributed by atoms with Crippen molar-refractivity contribution in [3.63, 3.8) is 0 Å². The van der Waals surface area contributed by atoms with Gasteiger partial charge in [-0.15, -0.1) is 0 Å². The Balaban J connectivity index is 1.36. The van der Waals surface area contributed by atoms with Gasteiger partial charge in [0.25, 0.3) is 0 Å². The Morgan fingerprint density at radius 1 is 1.09 bits per heavy atom. The molecule has 3 aliphatic carbocycles. The molecule has 35 heavy (non-hydrogen) atoms. The monoisotopic (exact) mass is 499 g/mol. The molecule has 2 aromatic carbocycles. The Hall–Kier alpha value is -2.42. The molecule has 2 fully saturated rings. The lowest BCUT2D eigenvalue weighted by molar-refractivity contribution is -0.133. The number of fused-ring (bicyclic) bond motifs is 5. The van der Waals surface area contributed by atoms with E-state index < -0.39 is 10.3 Å². The maximum atomic E-state index is 12.6. The second-order valence-electron chi connectivity index (χ2n) is 10.5. The predicted octanol–water partition coefficient (Wildman–Crippen LogP) is 4.29. The number of nitrogens with two attached hydrogens (primary N) is 1. The maximum Gasteiger partial charge on any atom is 0.333 e. The summed E-state index contributed by atoms with van der Waals surface area (Å²) in [6.07, 6.45) is 5.24. The van der Waals surface area contributed by atoms with E-state index in [2.05, 4.69) is 6.92 Å². The number of hydrogen-bond donors (Lipinski definition) is 1. The van der Waals surface area contributed by atoms with Gasteiger partial charge < -0.3 is 9.47 Å². The van der Waals surface area contributed by atoms with Crippen LogP contribution in [0.3, 0.4) is 0 Å². The van der Waals surface area contributed by atoms with Gasteiger partial charge in [0, 0.05) is 0 Å². The van der Waals surface area contributed by atoms with Gasteiger partial charge in [0.2, 0.25) is 0 Å². The summed E-state index contributed by atoms with van der Waals surface area (Å²) in [6, 6.07) is 13.6. The average Bonchev–Trinajstić information content (AvgIpc) is 3.13. The normalized spacial score (nSPS) is 29.6. The molecule has 0 aromatic heterocycles. The first-order valence-corrected chi connectivity index (χ1v) is 13.8. The SMILES string of the molecule is COc1cc2c(cc1OC(=O)Cc1ccccc1)CCC1C2CC[C@@]2(C)C1CC[C@@H]2OS(N)(=O)=O. The van der Waals surface area contributed by atoms with Gasteiger partial charge in [-0.2, -0.15) is 8.42 Å². The van der Waals surface area contributed by atoms with Crippen LogP contribution in [0, 0.1) is 17.3 Å². The summed E-state index contributed by atoms with van der Waals surface area (Å²) < 4.78 is 40.0. The van der Waals surface area contributed by atoms with E-state index in [0.717, 1.165) is 37.7 Å². The van der Waals surface area contributed by atoms with Crippen LogP contribution < -0.4 is 14.6 Å². The Labute approximate surface area is 207 Å². The number of esters is 1. The molecule has 5 atom stereocenters. The Morgan fingerprint density at radius 2 is 1.86 bits per heavy atom. The van der Waals surface area contributed by atoms with Crippen LogP contribution in [-0.4, -0.2) is 27.6 Å². The van der Waals surface area contributed by atoms with Gasteiger partial charge in [0.1, 0.15) is 0 Å². The summed E-state index contributed by atoms with van der Waals surface area (Å²) in [5.41, 5.74) is 3.18. The van der Waals surface area contributed by atoms with Crippen LogP contribution in [-0.2, 0) is 32.1 Å². The fraction of sp³-hybridized carbons (Fsp3) is 0.519. The van der Waals surface area contributed by atoms with Crippen LogP contribution in [0.5, 0.6) is 11.5 Å². The minimum Gasteiger partial charge on any atom is -0.493 e. The van der Waals surface area contributed by atoms with Crippen molar-refractivity contribution in [3.8, 4) is 11.5 Å². The molecule has 2 aromatic rings. The molecule has 0 radical (unpaired) electrons. The second kappa shape index (κ2) is 9.22. The van der Waals surface area contributed by atoms with Gasteiger partial charge in [-0.25, -0.2) is 5.14 Å². The third-order valence-corrected chi connectivity index (χ3v) is 9.09. The van der Waals surface area contributed by atoms with Gasteiger partial charge in [0.05, 0.1) is 19.6 Å². The highest BCUT2D eigenvalue weighted by Gasteiger charge is 2.56. The van der Waals surface area contributed by atoms with Crippen molar-refractivity contribution in [1.82, 2.24) is 0 Å². The highest BCUT2D eigenvalue weighted by molar-refractivity contribution is 7.84. The number of ether oxygens (including phenoxy) is 2. The summed E-state index contributed by atoms with van der Waals surface area (Å²) >= 11 is 0. The highest BCUT2D eigenvalue weighted by atomic mass is 32.2. The van der Waals surface area contributed by atoms with Crippen LogP contribution in [0.2, 0.25) is 0 Å². The van der Waals surface area contributed by atoms with E-state index in [4.69, 9.17) is 18.8 Å². The van der Waals surface area contributed by atoms with Crippen LogP contribution in [0.25, 0.3) is 0 Å². The Kier molecular flexibility index (Phi) is 6.40. The number of carbonyl (C=O) groups excluding carboxylic acids is 1. The molecule has 2 N–H and O–H groups in total. The lowest BCUT2D eigenvalue weighted by Gasteiger charge is -2.50. The molecular formula is C27H33NO6S. The molecule has 3 aliphatic rings. The third kappa shape index (κ3) is 4.71. The standard InChI is InChI=1S/C27H33NO6S/c1-27-13-12-19-20(22(27)10-11-25(27)34-35(28,30)31)9-8-18-15-24(23(32-2)16-21(18)19)33-26(29)14-17-6-4-3-5-7-17/h3-7,15-16,19-20,22,25H,8-14H2,1-2H3,(H2,28,30,31)/t19?,20?,22?,25-,27-/m0/s1. The molecule has 0 saturated heterocycles. The van der Waals surface area contributed by atoms with Gasteiger partial charge in [-0.05, 0) is 90.5 Å². The van der Waals surface area contributed by atoms with E-state index in [1.807, 2.05) is 42.5 Å². The van der Waals surface area contributed by atoms with E-state index in [1.165, 1.54) is 11.1 Å². The van der Waals surface area contributed by atoms with Gasteiger partial charge in [-0.3, -0.25) is 8.98 Å². The molecular weight excluding hydrogens is 466 g/mol. The van der Waals surface area contributed by atoms with Crippen molar-refractivity contribution in [2.24, 2.45) is 22.4 Å². The second-order valence-corrected chi connectivity index (χ2v) is 11.6. The highest BCUT2D eigenvalue weighted by Crippen LogP contribution is 2.62. The zero-order valence-electron chi connectivity index (χ0n) is 20.2. The van der Waals surface area contributed by atoms with Gasteiger partial charge in [-0.1, -0.05) is 37.3 Å². The van der Waals surface area contributed by atoms with Gasteiger partial charge in [0.15, 0.2) is 11.5 Å². The Bertz CT molecular complexity index is 1210. The fourth-order valence-corrected chi connectivity index (χ4v) is 7.65. The summed E-state index contributed by atoms with van der Waals surface area (Å²) in [6.45, 7) is 2.17. The Morgan fingerprint density at radius 3 is 2.57 bits per heavy atom. The first-order chi connectivity index (χ1) is 16.7. The van der Waals surface area contributed by atoms with Crippen molar-refractivity contribution in [1.29, 1.82) is 0 Å². The summed E-state index contributed by atoms with van der Waals surface area (Å²) in [5.74, 6) is 1.92. The molecule has 7 nitrogen and oxygen atoms in total. The number of hydrogen-bond acceptors (Lipinski definition) is 6. The topological polar surface area (TPSA) is 105 Å². The van der Waals surface area contributed by atoms with Crippen molar-refractivity contribution in [2.75, 3.05) is 7.11 Å². The minimum atomic E-state index is -3.98. The van der Waals surface area contributed by atoms with Crippen molar-refractivity contribution in [2.45, 2.75) is 63.9 Å². The van der Waals surface area contributed by atoms with E-state index in [-0.39, 0.29) is 23.9 Å². The molecule has 2 saturated carbocycles. The molecule has 0 heterocycles. The average molecular weight is 500 g/mol. The zero-order chi connectivity index (χ0) is 24.8. The number of rotatable bonds is 6. The van der Waals surface area contributed by atoms with Crippen molar-refractivity contribution in [3.05, 3.63) is 59.2 Å². The first-order valence-electron chi connectivity index (χ1n) is 12.3. The number of methoxy groups -OCH3 is 1. The van der Waals surface area contributed by atoms with Crippen LogP contribution >= 0.6 is 0 Å². The van der Waals surface area contributed by atoms with Crippen LogP contribution in [0.1, 0.15) is 61.6 Å². The molecule has 3 unspecified atom stereocenters. The smallest absolute Gasteiger partial charge is 0.333 e. The van der Waals surface area contributed by atoms with Crippen LogP contribution in [0.4, 0.5) is 0 Å². The number of benzene rings is 2. The molecule has 188 valence electrons. The van der Waals surface area contributed by atoms with Crippen LogP contribution in [0.15, 0.2) is 42.5 Å². The maximum absolute atomic E-state index is 12.6. The van der Waals surface area contributed by atoms with Crippen molar-refractivity contribution >= 4 is 16.3 Å². The largest absolute Gasteiger partial charge is 0.493 e. The number of aryl methyl sites for hydroxylation is 1. The quantitative estimate of drug-likeness (QED) is 0.470. The summed E-state index contributed by atoms with van der Waals surface area (Å²) in [5, 5.41) is 5.21. The number of carbonyl (C=O) groups is 1. The van der Waals surface area contributed by atoms with E-state index >= 15 is 0 Å². The molecule has 0 spiro atoms. The summed E-state index contributed by atoms with van der Waals surface area (Å²) in [7, 11) is -2.38. The van der Waals surface area contributed by atoms with E-state index in [0.29, 0.717) is 35.7 Å². The molecule has 8 heteroatoms. The lowest BCUT2D eigenvalue weighted by Crippen LogP contribution is -2.45. The zero-order valence-corrected chi connectivity index (χ0v) is 21.1. The van der Waals surface area contributed by atoms with E-state index in [1.54, 1.807) is 7.11 Å². The van der Waals surface area contributed by atoms with Gasteiger partial charge >= 0.3 is 16.3 Å². The molecule has 0 aliphatic heterocycles. The molecule has 0 bridgehead atoms. The fourth-order valence-electron chi connectivity index (χ4n) is 7.01. The molecule has 0 amide bonds. The predicted molar refractivity (Wildman–Crippen MR) is 131 cm³/mol. The third-order valence-electron chi connectivity index (χ3n) is 8.59. The van der Waals surface area contributed by atoms with E-state index in [9.17, 15) is 13.2 Å². The van der Waals surface area contributed by atoms with Crippen molar-refractivity contribution < 1.29 is 26.9 Å².